The van der Waals surface area contributed by atoms with Crippen molar-refractivity contribution < 1.29 is 5.11 Å². The predicted molar refractivity (Wildman–Crippen MR) is 66.3 cm³/mol. The van der Waals surface area contributed by atoms with Crippen molar-refractivity contribution in [2.24, 2.45) is 0 Å². The summed E-state index contributed by atoms with van der Waals surface area (Å²) in [6.45, 7) is 2.35. The van der Waals surface area contributed by atoms with Gasteiger partial charge in [0.15, 0.2) is 0 Å². The van der Waals surface area contributed by atoms with E-state index in [4.69, 9.17) is 0 Å². The Bertz CT molecular complexity index is 192. The zero-order valence-corrected chi connectivity index (χ0v) is 10.4. The van der Waals surface area contributed by atoms with Gasteiger partial charge in [-0.15, -0.1) is 0 Å². The van der Waals surface area contributed by atoms with Gasteiger partial charge in [-0.2, -0.15) is 11.8 Å². The van der Waals surface area contributed by atoms with Crippen molar-refractivity contribution in [2.75, 3.05) is 5.75 Å². The number of aliphatic hydroxyl groups excluding tert-OH is 1. The van der Waals surface area contributed by atoms with Crippen LogP contribution >= 0.6 is 11.8 Å². The molecule has 0 amide bonds. The molecule has 0 aromatic carbocycles. The summed E-state index contributed by atoms with van der Waals surface area (Å²) in [5.74, 6) is 1.34. The second-order valence-electron chi connectivity index (χ2n) is 5.00. The molecule has 0 radical (unpaired) electrons. The van der Waals surface area contributed by atoms with E-state index in [0.29, 0.717) is 12.1 Å². The number of nitrogens with one attached hydrogen (secondary N) is 1. The normalized spacial score (nSPS) is 42.8. The van der Waals surface area contributed by atoms with Crippen LogP contribution in [0.15, 0.2) is 0 Å². The molecule has 0 aromatic rings. The van der Waals surface area contributed by atoms with Crippen LogP contribution in [0.2, 0.25) is 0 Å². The number of hydrogen-bond donors (Lipinski definition) is 2. The summed E-state index contributed by atoms with van der Waals surface area (Å²) in [7, 11) is 0. The lowest BCUT2D eigenvalue weighted by Crippen LogP contribution is -2.46. The van der Waals surface area contributed by atoms with E-state index in [1.165, 1.54) is 18.6 Å². The van der Waals surface area contributed by atoms with Gasteiger partial charge in [-0.05, 0) is 44.3 Å². The van der Waals surface area contributed by atoms with Gasteiger partial charge in [0, 0.05) is 17.3 Å². The average Bonchev–Trinajstić information content (AvgIpc) is 2.25. The van der Waals surface area contributed by atoms with Crippen LogP contribution in [-0.4, -0.2) is 34.3 Å². The van der Waals surface area contributed by atoms with Gasteiger partial charge in [0.05, 0.1) is 6.10 Å². The van der Waals surface area contributed by atoms with Gasteiger partial charge in [-0.25, -0.2) is 0 Å². The second kappa shape index (κ2) is 5.55. The van der Waals surface area contributed by atoms with E-state index >= 15 is 0 Å². The lowest BCUT2D eigenvalue weighted by Gasteiger charge is -2.35. The summed E-state index contributed by atoms with van der Waals surface area (Å²) in [5, 5.41) is 14.0. The van der Waals surface area contributed by atoms with Crippen LogP contribution in [-0.2, 0) is 0 Å². The average molecular weight is 229 g/mol. The third kappa shape index (κ3) is 3.36. The maximum Gasteiger partial charge on any atom is 0.0541 e. The molecule has 2 rings (SSSR count). The first-order valence-corrected chi connectivity index (χ1v) is 7.36. The minimum Gasteiger partial charge on any atom is -0.393 e. The molecule has 1 saturated carbocycles. The highest BCUT2D eigenvalue weighted by Crippen LogP contribution is 2.27. The second-order valence-corrected chi connectivity index (χ2v) is 6.48. The summed E-state index contributed by atoms with van der Waals surface area (Å²) in [6.07, 6.45) is 6.98. The lowest BCUT2D eigenvalue weighted by atomic mass is 9.92. The van der Waals surface area contributed by atoms with Gasteiger partial charge >= 0.3 is 0 Å². The monoisotopic (exact) mass is 229 g/mol. The Balaban J connectivity index is 1.75. The Hall–Kier alpha value is 0.270. The topological polar surface area (TPSA) is 32.3 Å². The Kier molecular flexibility index (Phi) is 4.35. The van der Waals surface area contributed by atoms with E-state index in [1.807, 2.05) is 0 Å². The summed E-state index contributed by atoms with van der Waals surface area (Å²) < 4.78 is 0. The summed E-state index contributed by atoms with van der Waals surface area (Å²) in [5.41, 5.74) is 0. The van der Waals surface area contributed by atoms with E-state index < -0.39 is 0 Å². The zero-order valence-electron chi connectivity index (χ0n) is 9.61. The summed E-state index contributed by atoms with van der Waals surface area (Å²) in [6, 6.07) is 1.38. The van der Waals surface area contributed by atoms with Gasteiger partial charge in [-0.1, -0.05) is 6.92 Å². The van der Waals surface area contributed by atoms with E-state index in [9.17, 15) is 5.11 Å². The molecule has 0 bridgehead atoms. The maximum absolute atomic E-state index is 9.45. The molecule has 15 heavy (non-hydrogen) atoms. The summed E-state index contributed by atoms with van der Waals surface area (Å²) in [4.78, 5) is 0. The van der Waals surface area contributed by atoms with Crippen LogP contribution in [0, 0.1) is 0 Å². The smallest absolute Gasteiger partial charge is 0.0541 e. The quantitative estimate of drug-likeness (QED) is 0.761. The highest BCUT2D eigenvalue weighted by Gasteiger charge is 2.26. The number of rotatable bonds is 2. The summed E-state index contributed by atoms with van der Waals surface area (Å²) >= 11 is 2.10. The fourth-order valence-electron chi connectivity index (χ4n) is 2.69. The largest absolute Gasteiger partial charge is 0.393 e. The SMILES string of the molecule is CC1SCCCC1NC1CCC(O)CC1. The zero-order chi connectivity index (χ0) is 10.7. The van der Waals surface area contributed by atoms with Crippen molar-refractivity contribution >= 4 is 11.8 Å². The number of hydrogen-bond acceptors (Lipinski definition) is 3. The highest BCUT2D eigenvalue weighted by atomic mass is 32.2. The van der Waals surface area contributed by atoms with Crippen LogP contribution in [0.3, 0.4) is 0 Å². The molecule has 0 aromatic heterocycles. The molecule has 88 valence electrons. The van der Waals surface area contributed by atoms with E-state index in [-0.39, 0.29) is 6.10 Å². The first-order chi connectivity index (χ1) is 7.25. The minimum atomic E-state index is -0.0267. The van der Waals surface area contributed by atoms with Gasteiger partial charge in [-0.3, -0.25) is 0 Å². The standard InChI is InChI=1S/C12H23NOS/c1-9-12(3-2-8-15-9)13-10-4-6-11(14)7-5-10/h9-14H,2-8H2,1H3. The molecule has 2 aliphatic rings. The minimum absolute atomic E-state index is 0.0267. The third-order valence-corrected chi connectivity index (χ3v) is 5.13. The lowest BCUT2D eigenvalue weighted by molar-refractivity contribution is 0.113. The number of aliphatic hydroxyl groups is 1. The Morgan fingerprint density at radius 3 is 2.53 bits per heavy atom. The van der Waals surface area contributed by atoms with Crippen molar-refractivity contribution in [1.82, 2.24) is 5.32 Å². The van der Waals surface area contributed by atoms with Crippen LogP contribution in [0.4, 0.5) is 0 Å². The molecule has 3 heteroatoms. The first kappa shape index (κ1) is 11.7. The molecule has 2 fully saturated rings. The molecule has 1 heterocycles. The third-order valence-electron chi connectivity index (χ3n) is 3.75. The molecule has 2 nitrogen and oxygen atoms in total. The molecule has 2 atom stereocenters. The van der Waals surface area contributed by atoms with Crippen molar-refractivity contribution in [3.8, 4) is 0 Å². The molecular weight excluding hydrogens is 206 g/mol. The van der Waals surface area contributed by atoms with Gasteiger partial charge < -0.3 is 10.4 Å². The first-order valence-electron chi connectivity index (χ1n) is 6.31. The van der Waals surface area contributed by atoms with Gasteiger partial charge in [0.2, 0.25) is 0 Å². The van der Waals surface area contributed by atoms with Crippen molar-refractivity contribution in [3.05, 3.63) is 0 Å². The number of thioether (sulfide) groups is 1. The van der Waals surface area contributed by atoms with Crippen LogP contribution in [0.25, 0.3) is 0 Å². The van der Waals surface area contributed by atoms with Crippen molar-refractivity contribution in [2.45, 2.75) is 68.9 Å². The molecule has 0 spiro atoms. The van der Waals surface area contributed by atoms with Crippen LogP contribution in [0.5, 0.6) is 0 Å². The highest BCUT2D eigenvalue weighted by molar-refractivity contribution is 7.99. The van der Waals surface area contributed by atoms with Gasteiger partial charge in [0.1, 0.15) is 0 Å². The molecular formula is C12H23NOS. The maximum atomic E-state index is 9.45. The Morgan fingerprint density at radius 2 is 1.87 bits per heavy atom. The predicted octanol–water partition coefficient (Wildman–Crippen LogP) is 2.16. The molecule has 2 N–H and O–H groups in total. The van der Waals surface area contributed by atoms with Crippen molar-refractivity contribution in [1.29, 1.82) is 0 Å². The van der Waals surface area contributed by atoms with Crippen molar-refractivity contribution in [3.63, 3.8) is 0 Å². The molecule has 1 aliphatic carbocycles. The van der Waals surface area contributed by atoms with E-state index in [0.717, 1.165) is 30.9 Å². The molecule has 2 unspecified atom stereocenters. The molecule has 1 saturated heterocycles. The van der Waals surface area contributed by atoms with Crippen LogP contribution < -0.4 is 5.32 Å². The van der Waals surface area contributed by atoms with Crippen LogP contribution in [0.1, 0.15) is 45.4 Å². The van der Waals surface area contributed by atoms with E-state index in [2.05, 4.69) is 24.0 Å². The van der Waals surface area contributed by atoms with Gasteiger partial charge in [0.25, 0.3) is 0 Å². The Labute approximate surface area is 97.2 Å². The fourth-order valence-corrected chi connectivity index (χ4v) is 3.84. The molecule has 1 aliphatic heterocycles. The fraction of sp³-hybridized carbons (Fsp3) is 1.00. The van der Waals surface area contributed by atoms with E-state index in [1.54, 1.807) is 0 Å². The Morgan fingerprint density at radius 1 is 1.13 bits per heavy atom.